The first-order valence-corrected chi connectivity index (χ1v) is 5.60. The van der Waals surface area contributed by atoms with Crippen molar-refractivity contribution in [2.75, 3.05) is 18.0 Å². The molecule has 0 aromatic carbocycles. The van der Waals surface area contributed by atoms with Gasteiger partial charge in [0.1, 0.15) is 5.82 Å². The zero-order chi connectivity index (χ0) is 10.8. The normalized spacial score (nSPS) is 26.7. The first kappa shape index (κ1) is 10.4. The summed E-state index contributed by atoms with van der Waals surface area (Å²) in [6.45, 7) is 6.37. The summed E-state index contributed by atoms with van der Waals surface area (Å²) in [5, 5.41) is 0. The molecule has 1 aromatic rings. The first-order chi connectivity index (χ1) is 7.16. The Morgan fingerprint density at radius 2 is 2.33 bits per heavy atom. The first-order valence-electron chi connectivity index (χ1n) is 5.60. The Morgan fingerprint density at radius 3 is 3.00 bits per heavy atom. The smallest absolute Gasteiger partial charge is 0.128 e. The van der Waals surface area contributed by atoms with Crippen LogP contribution >= 0.6 is 0 Å². The van der Waals surface area contributed by atoms with E-state index in [0.29, 0.717) is 12.0 Å². The Balaban J connectivity index is 2.12. The summed E-state index contributed by atoms with van der Waals surface area (Å²) in [6.07, 6.45) is 2.95. The van der Waals surface area contributed by atoms with Gasteiger partial charge in [-0.25, -0.2) is 4.98 Å². The van der Waals surface area contributed by atoms with Gasteiger partial charge in [0.25, 0.3) is 0 Å². The molecule has 2 atom stereocenters. The van der Waals surface area contributed by atoms with Crippen LogP contribution in [0.5, 0.6) is 0 Å². The van der Waals surface area contributed by atoms with E-state index in [9.17, 15) is 0 Å². The molecule has 2 heterocycles. The van der Waals surface area contributed by atoms with Gasteiger partial charge in [-0.2, -0.15) is 0 Å². The molecule has 0 amide bonds. The van der Waals surface area contributed by atoms with Crippen molar-refractivity contribution in [3.8, 4) is 0 Å². The average Bonchev–Trinajstić information content (AvgIpc) is 2.22. The fraction of sp³-hybridized carbons (Fsp3) is 0.583. The molecule has 0 saturated carbocycles. The minimum absolute atomic E-state index is 0.353. The number of hydrogen-bond donors (Lipinski definition) is 1. The van der Waals surface area contributed by atoms with Crippen LogP contribution in [-0.2, 0) is 0 Å². The number of nitrogens with zero attached hydrogens (tertiary/aromatic N) is 2. The van der Waals surface area contributed by atoms with Gasteiger partial charge in [0.05, 0.1) is 0 Å². The second-order valence-electron chi connectivity index (χ2n) is 4.57. The van der Waals surface area contributed by atoms with E-state index < -0.39 is 0 Å². The van der Waals surface area contributed by atoms with Crippen molar-refractivity contribution < 1.29 is 0 Å². The van der Waals surface area contributed by atoms with Crippen LogP contribution in [0.3, 0.4) is 0 Å². The molecular formula is C12H19N3. The highest BCUT2D eigenvalue weighted by atomic mass is 15.2. The molecule has 2 rings (SSSR count). The van der Waals surface area contributed by atoms with Gasteiger partial charge in [-0.05, 0) is 37.0 Å². The van der Waals surface area contributed by atoms with Gasteiger partial charge in [0.15, 0.2) is 0 Å². The summed E-state index contributed by atoms with van der Waals surface area (Å²) in [5.41, 5.74) is 7.27. The SMILES string of the molecule is Cc1ccnc(N2CCC(N)C(C)C2)c1. The van der Waals surface area contributed by atoms with Crippen LogP contribution in [0.2, 0.25) is 0 Å². The number of nitrogens with two attached hydrogens (primary N) is 1. The van der Waals surface area contributed by atoms with Crippen molar-refractivity contribution in [2.45, 2.75) is 26.3 Å². The molecule has 82 valence electrons. The van der Waals surface area contributed by atoms with Gasteiger partial charge in [-0.15, -0.1) is 0 Å². The predicted octanol–water partition coefficient (Wildman–Crippen LogP) is 1.56. The molecule has 1 fully saturated rings. The lowest BCUT2D eigenvalue weighted by Gasteiger charge is -2.35. The van der Waals surface area contributed by atoms with E-state index in [1.165, 1.54) is 5.56 Å². The lowest BCUT2D eigenvalue weighted by atomic mass is 9.95. The second kappa shape index (κ2) is 4.19. The highest BCUT2D eigenvalue weighted by Gasteiger charge is 2.23. The lowest BCUT2D eigenvalue weighted by molar-refractivity contribution is 0.381. The maximum absolute atomic E-state index is 6.00. The minimum Gasteiger partial charge on any atom is -0.356 e. The van der Waals surface area contributed by atoms with E-state index in [1.807, 2.05) is 12.3 Å². The Bertz CT molecular complexity index is 337. The highest BCUT2D eigenvalue weighted by molar-refractivity contribution is 5.41. The molecule has 3 nitrogen and oxygen atoms in total. The number of aromatic nitrogens is 1. The van der Waals surface area contributed by atoms with Crippen LogP contribution in [0.25, 0.3) is 0 Å². The van der Waals surface area contributed by atoms with Crippen LogP contribution in [0.1, 0.15) is 18.9 Å². The molecule has 0 bridgehead atoms. The summed E-state index contributed by atoms with van der Waals surface area (Å²) < 4.78 is 0. The maximum atomic E-state index is 6.00. The number of rotatable bonds is 1. The summed E-state index contributed by atoms with van der Waals surface area (Å²) in [7, 11) is 0. The van der Waals surface area contributed by atoms with E-state index >= 15 is 0 Å². The number of piperidine rings is 1. The molecule has 1 aliphatic heterocycles. The van der Waals surface area contributed by atoms with E-state index in [4.69, 9.17) is 5.73 Å². The van der Waals surface area contributed by atoms with Crippen LogP contribution in [0.4, 0.5) is 5.82 Å². The van der Waals surface area contributed by atoms with Crippen molar-refractivity contribution in [3.05, 3.63) is 23.9 Å². The van der Waals surface area contributed by atoms with E-state index in [1.54, 1.807) is 0 Å². The van der Waals surface area contributed by atoms with Crippen LogP contribution in [0.15, 0.2) is 18.3 Å². The molecule has 15 heavy (non-hydrogen) atoms. The molecule has 0 spiro atoms. The minimum atomic E-state index is 0.353. The van der Waals surface area contributed by atoms with Gasteiger partial charge < -0.3 is 10.6 Å². The van der Waals surface area contributed by atoms with Gasteiger partial charge in [0, 0.05) is 25.3 Å². The number of aryl methyl sites for hydroxylation is 1. The van der Waals surface area contributed by atoms with Crippen LogP contribution in [-0.4, -0.2) is 24.1 Å². The summed E-state index contributed by atoms with van der Waals surface area (Å²) >= 11 is 0. The zero-order valence-corrected chi connectivity index (χ0v) is 9.48. The van der Waals surface area contributed by atoms with Gasteiger partial charge in [-0.3, -0.25) is 0 Å². The molecule has 1 saturated heterocycles. The Kier molecular flexibility index (Phi) is 2.91. The molecule has 1 aliphatic rings. The quantitative estimate of drug-likeness (QED) is 0.756. The third-order valence-corrected chi connectivity index (χ3v) is 3.20. The Hall–Kier alpha value is -1.09. The molecule has 0 radical (unpaired) electrons. The Morgan fingerprint density at radius 1 is 1.53 bits per heavy atom. The van der Waals surface area contributed by atoms with E-state index in [2.05, 4.69) is 29.8 Å². The largest absolute Gasteiger partial charge is 0.356 e. The van der Waals surface area contributed by atoms with Gasteiger partial charge in [0.2, 0.25) is 0 Å². The molecule has 3 heteroatoms. The summed E-state index contributed by atoms with van der Waals surface area (Å²) in [4.78, 5) is 6.74. The number of pyridine rings is 1. The van der Waals surface area contributed by atoms with Gasteiger partial charge in [-0.1, -0.05) is 6.92 Å². The highest BCUT2D eigenvalue weighted by Crippen LogP contribution is 2.20. The lowest BCUT2D eigenvalue weighted by Crippen LogP contribution is -2.46. The topological polar surface area (TPSA) is 42.2 Å². The van der Waals surface area contributed by atoms with Crippen molar-refractivity contribution >= 4 is 5.82 Å². The van der Waals surface area contributed by atoms with Crippen molar-refractivity contribution in [1.82, 2.24) is 4.98 Å². The average molecular weight is 205 g/mol. The van der Waals surface area contributed by atoms with Gasteiger partial charge >= 0.3 is 0 Å². The van der Waals surface area contributed by atoms with Crippen molar-refractivity contribution in [1.29, 1.82) is 0 Å². The molecule has 1 aromatic heterocycles. The zero-order valence-electron chi connectivity index (χ0n) is 9.48. The number of anilines is 1. The monoisotopic (exact) mass is 205 g/mol. The molecular weight excluding hydrogens is 186 g/mol. The van der Waals surface area contributed by atoms with E-state index in [0.717, 1.165) is 25.3 Å². The second-order valence-corrected chi connectivity index (χ2v) is 4.57. The summed E-state index contributed by atoms with van der Waals surface area (Å²) in [5.74, 6) is 1.65. The van der Waals surface area contributed by atoms with Crippen LogP contribution < -0.4 is 10.6 Å². The third kappa shape index (κ3) is 2.29. The molecule has 2 N–H and O–H groups in total. The Labute approximate surface area is 91.3 Å². The third-order valence-electron chi connectivity index (χ3n) is 3.20. The molecule has 2 unspecified atom stereocenters. The standard InChI is InChI=1S/C12H19N3/c1-9-3-5-14-12(7-9)15-6-4-11(13)10(2)8-15/h3,5,7,10-11H,4,6,8,13H2,1-2H3. The summed E-state index contributed by atoms with van der Waals surface area (Å²) in [6, 6.07) is 4.53. The predicted molar refractivity (Wildman–Crippen MR) is 62.9 cm³/mol. The van der Waals surface area contributed by atoms with Crippen molar-refractivity contribution in [2.24, 2.45) is 11.7 Å². The fourth-order valence-corrected chi connectivity index (χ4v) is 2.06. The van der Waals surface area contributed by atoms with E-state index in [-0.39, 0.29) is 0 Å². The molecule has 0 aliphatic carbocycles. The fourth-order valence-electron chi connectivity index (χ4n) is 2.06. The number of hydrogen-bond acceptors (Lipinski definition) is 3. The van der Waals surface area contributed by atoms with Crippen LogP contribution in [0, 0.1) is 12.8 Å². The van der Waals surface area contributed by atoms with Crippen molar-refractivity contribution in [3.63, 3.8) is 0 Å². The maximum Gasteiger partial charge on any atom is 0.128 e.